The molecule has 0 unspecified atom stereocenters. The third-order valence-electron chi connectivity index (χ3n) is 5.51. The van der Waals surface area contributed by atoms with E-state index in [2.05, 4.69) is 29.6 Å². The number of hydrogen-bond acceptors (Lipinski definition) is 3. The highest BCUT2D eigenvalue weighted by Gasteiger charge is 2.54. The van der Waals surface area contributed by atoms with Crippen LogP contribution < -0.4 is 5.32 Å². The molecule has 1 amide bonds. The van der Waals surface area contributed by atoms with E-state index in [1.807, 2.05) is 25.7 Å². The second-order valence-electron chi connectivity index (χ2n) is 8.39. The molecule has 0 aromatic heterocycles. The van der Waals surface area contributed by atoms with Gasteiger partial charge in [0.15, 0.2) is 0 Å². The Labute approximate surface area is 138 Å². The van der Waals surface area contributed by atoms with Crippen LogP contribution in [0.2, 0.25) is 0 Å². The van der Waals surface area contributed by atoms with E-state index < -0.39 is 5.60 Å². The minimum Gasteiger partial charge on any atom is -0.444 e. The summed E-state index contributed by atoms with van der Waals surface area (Å²) in [7, 11) is 0. The Morgan fingerprint density at radius 2 is 2.04 bits per heavy atom. The van der Waals surface area contributed by atoms with Crippen LogP contribution >= 0.6 is 0 Å². The number of fused-ring (bicyclic) bond motifs is 4. The molecule has 1 aromatic rings. The van der Waals surface area contributed by atoms with Gasteiger partial charge in [0.2, 0.25) is 0 Å². The van der Waals surface area contributed by atoms with E-state index in [1.165, 1.54) is 24.0 Å². The molecule has 1 aliphatic carbocycles. The fourth-order valence-electron chi connectivity index (χ4n) is 4.64. The summed E-state index contributed by atoms with van der Waals surface area (Å²) in [5.74, 6) is 0.700. The molecule has 1 spiro atoms. The van der Waals surface area contributed by atoms with E-state index in [0.29, 0.717) is 12.0 Å². The van der Waals surface area contributed by atoms with Gasteiger partial charge >= 0.3 is 6.09 Å². The third kappa shape index (κ3) is 2.44. The maximum absolute atomic E-state index is 12.3. The Morgan fingerprint density at radius 3 is 2.78 bits per heavy atom. The lowest BCUT2D eigenvalue weighted by Crippen LogP contribution is -2.64. The van der Waals surface area contributed by atoms with Gasteiger partial charge in [-0.05, 0) is 57.2 Å². The highest BCUT2D eigenvalue weighted by Crippen LogP contribution is 2.52. The number of carbonyl (C=O) groups is 1. The maximum atomic E-state index is 12.3. The zero-order valence-electron chi connectivity index (χ0n) is 14.3. The van der Waals surface area contributed by atoms with Gasteiger partial charge in [-0.3, -0.25) is 0 Å². The quantitative estimate of drug-likeness (QED) is 0.799. The van der Waals surface area contributed by atoms with Gasteiger partial charge in [0, 0.05) is 24.5 Å². The van der Waals surface area contributed by atoms with Gasteiger partial charge in [0.05, 0.1) is 0 Å². The zero-order valence-corrected chi connectivity index (χ0v) is 14.3. The first kappa shape index (κ1) is 15.0. The lowest BCUT2D eigenvalue weighted by atomic mass is 9.61. The number of ether oxygens (including phenoxy) is 1. The van der Waals surface area contributed by atoms with Crippen molar-refractivity contribution in [3.8, 4) is 0 Å². The highest BCUT2D eigenvalue weighted by atomic mass is 16.6. The van der Waals surface area contributed by atoms with Crippen molar-refractivity contribution >= 4 is 6.09 Å². The third-order valence-corrected chi connectivity index (χ3v) is 5.51. The fraction of sp³-hybridized carbons (Fsp3) is 0.632. The predicted octanol–water partition coefficient (Wildman–Crippen LogP) is 3.23. The van der Waals surface area contributed by atoms with E-state index in [4.69, 9.17) is 4.74 Å². The number of benzene rings is 1. The molecule has 4 rings (SSSR count). The SMILES string of the molecule is CC(C)(C)OC(=O)N1CC2(C[C@@H]3CCN[C@@H]3c3ccccc32)C1. The lowest BCUT2D eigenvalue weighted by Gasteiger charge is -2.55. The molecule has 3 aliphatic rings. The van der Waals surface area contributed by atoms with Gasteiger partial charge < -0.3 is 15.0 Å². The van der Waals surface area contributed by atoms with Crippen molar-refractivity contribution in [2.45, 2.75) is 50.7 Å². The molecule has 0 bridgehead atoms. The Kier molecular flexibility index (Phi) is 3.24. The Hall–Kier alpha value is -1.55. The Morgan fingerprint density at radius 1 is 1.30 bits per heavy atom. The van der Waals surface area contributed by atoms with Crippen LogP contribution in [0.25, 0.3) is 0 Å². The molecule has 23 heavy (non-hydrogen) atoms. The molecule has 4 nitrogen and oxygen atoms in total. The molecule has 124 valence electrons. The first-order valence-electron chi connectivity index (χ1n) is 8.69. The largest absolute Gasteiger partial charge is 0.444 e. The minimum absolute atomic E-state index is 0.140. The van der Waals surface area contributed by atoms with Crippen LogP contribution in [0.1, 0.15) is 50.8 Å². The van der Waals surface area contributed by atoms with Crippen molar-refractivity contribution in [2.24, 2.45) is 5.92 Å². The number of rotatable bonds is 0. The summed E-state index contributed by atoms with van der Waals surface area (Å²) in [6, 6.07) is 9.30. The van der Waals surface area contributed by atoms with Gasteiger partial charge in [-0.15, -0.1) is 0 Å². The van der Waals surface area contributed by atoms with Crippen molar-refractivity contribution in [1.29, 1.82) is 0 Å². The number of carbonyl (C=O) groups excluding carboxylic acids is 1. The molecule has 2 saturated heterocycles. The maximum Gasteiger partial charge on any atom is 0.410 e. The molecule has 2 heterocycles. The van der Waals surface area contributed by atoms with E-state index >= 15 is 0 Å². The zero-order chi connectivity index (χ0) is 16.2. The van der Waals surface area contributed by atoms with Crippen molar-refractivity contribution in [1.82, 2.24) is 10.2 Å². The summed E-state index contributed by atoms with van der Waals surface area (Å²) in [6.07, 6.45) is 2.25. The average molecular weight is 314 g/mol. The first-order valence-corrected chi connectivity index (χ1v) is 8.69. The van der Waals surface area contributed by atoms with Gasteiger partial charge in [0.25, 0.3) is 0 Å². The lowest BCUT2D eigenvalue weighted by molar-refractivity contribution is -0.0182. The van der Waals surface area contributed by atoms with Crippen molar-refractivity contribution < 1.29 is 9.53 Å². The topological polar surface area (TPSA) is 41.6 Å². The second kappa shape index (κ2) is 4.97. The number of amides is 1. The highest BCUT2D eigenvalue weighted by molar-refractivity contribution is 5.70. The summed E-state index contributed by atoms with van der Waals surface area (Å²) in [4.78, 5) is 14.2. The molecule has 0 saturated carbocycles. The van der Waals surface area contributed by atoms with Crippen molar-refractivity contribution in [3.05, 3.63) is 35.4 Å². The molecular formula is C19H26N2O2. The van der Waals surface area contributed by atoms with E-state index in [1.54, 1.807) is 0 Å². The van der Waals surface area contributed by atoms with E-state index in [-0.39, 0.29) is 11.5 Å². The average Bonchev–Trinajstić information content (AvgIpc) is 2.90. The number of hydrogen-bond donors (Lipinski definition) is 1. The number of likely N-dealkylation sites (tertiary alicyclic amines) is 1. The number of nitrogens with one attached hydrogen (secondary N) is 1. The van der Waals surface area contributed by atoms with E-state index in [9.17, 15) is 4.79 Å². The summed E-state index contributed by atoms with van der Waals surface area (Å²) in [5.41, 5.74) is 2.60. The normalized spacial score (nSPS) is 28.0. The summed E-state index contributed by atoms with van der Waals surface area (Å²) in [6.45, 7) is 8.46. The monoisotopic (exact) mass is 314 g/mol. The van der Waals surface area contributed by atoms with Crippen LogP contribution in [0.15, 0.2) is 24.3 Å². The molecule has 0 radical (unpaired) electrons. The standard InChI is InChI=1S/C19H26N2O2/c1-18(2,3)23-17(22)21-11-19(12-21)10-13-8-9-20-16(13)14-6-4-5-7-15(14)19/h4-7,13,16,20H,8-12H2,1-3H3/t13-,16-/m0/s1. The van der Waals surface area contributed by atoms with Crippen molar-refractivity contribution in [2.75, 3.05) is 19.6 Å². The molecule has 2 fully saturated rings. The second-order valence-corrected chi connectivity index (χ2v) is 8.39. The molecule has 2 aliphatic heterocycles. The van der Waals surface area contributed by atoms with Crippen LogP contribution in [0.5, 0.6) is 0 Å². The minimum atomic E-state index is -0.426. The summed E-state index contributed by atoms with van der Waals surface area (Å²) in [5, 5.41) is 3.66. The fourth-order valence-corrected chi connectivity index (χ4v) is 4.64. The van der Waals surface area contributed by atoms with Crippen molar-refractivity contribution in [3.63, 3.8) is 0 Å². The molecule has 1 N–H and O–H groups in total. The van der Waals surface area contributed by atoms with Gasteiger partial charge in [0.1, 0.15) is 5.60 Å². The van der Waals surface area contributed by atoms with Gasteiger partial charge in [-0.25, -0.2) is 4.79 Å². The van der Waals surface area contributed by atoms with Gasteiger partial charge in [-0.1, -0.05) is 24.3 Å². The molecule has 4 heteroatoms. The van der Waals surface area contributed by atoms with Crippen LogP contribution in [0.3, 0.4) is 0 Å². The molecular weight excluding hydrogens is 288 g/mol. The predicted molar refractivity (Wildman–Crippen MR) is 89.4 cm³/mol. The van der Waals surface area contributed by atoms with Crippen LogP contribution in [-0.4, -0.2) is 36.2 Å². The van der Waals surface area contributed by atoms with Crippen LogP contribution in [-0.2, 0) is 10.2 Å². The summed E-state index contributed by atoms with van der Waals surface area (Å²) >= 11 is 0. The van der Waals surface area contributed by atoms with Crippen LogP contribution in [0, 0.1) is 5.92 Å². The Balaban J connectivity index is 1.57. The smallest absolute Gasteiger partial charge is 0.410 e. The Bertz CT molecular complexity index is 629. The van der Waals surface area contributed by atoms with Gasteiger partial charge in [-0.2, -0.15) is 0 Å². The molecule has 1 aromatic carbocycles. The number of nitrogens with zero attached hydrogens (tertiary/aromatic N) is 1. The molecule has 2 atom stereocenters. The van der Waals surface area contributed by atoms with Crippen LogP contribution in [0.4, 0.5) is 4.79 Å². The summed E-state index contributed by atoms with van der Waals surface area (Å²) < 4.78 is 5.52. The van der Waals surface area contributed by atoms with E-state index in [0.717, 1.165) is 19.6 Å². The first-order chi connectivity index (χ1) is 10.9.